The monoisotopic (exact) mass is 608 g/mol. The van der Waals surface area contributed by atoms with Crippen molar-refractivity contribution in [3.8, 4) is 0 Å². The molecule has 3 aliphatic rings. The molecule has 0 saturated heterocycles. The van der Waals surface area contributed by atoms with Crippen molar-refractivity contribution in [2.24, 2.45) is 22.7 Å². The lowest BCUT2D eigenvalue weighted by atomic mass is 9.49. The maximum atomic E-state index is 13.0. The summed E-state index contributed by atoms with van der Waals surface area (Å²) in [5.41, 5.74) is 1.04. The summed E-state index contributed by atoms with van der Waals surface area (Å²) in [5.74, 6) is -2.98. The maximum Gasteiger partial charge on any atom is 0.331 e. The van der Waals surface area contributed by atoms with E-state index in [4.69, 9.17) is 18.9 Å². The predicted molar refractivity (Wildman–Crippen MR) is 163 cm³/mol. The van der Waals surface area contributed by atoms with Crippen LogP contribution in [0.25, 0.3) is 6.08 Å². The van der Waals surface area contributed by atoms with Gasteiger partial charge in [-0.2, -0.15) is 0 Å². The van der Waals surface area contributed by atoms with Crippen LogP contribution in [0.1, 0.15) is 73.3 Å². The Hall–Kier alpha value is -3.72. The number of aliphatic hydroxyl groups is 1. The summed E-state index contributed by atoms with van der Waals surface area (Å²) in [6.07, 6.45) is -0.743. The number of benzene rings is 1. The average Bonchev–Trinajstić information content (AvgIpc) is 2.93. The molecule has 0 aromatic heterocycles. The highest BCUT2D eigenvalue weighted by Gasteiger charge is 2.64. The second-order valence-electron chi connectivity index (χ2n) is 13.1. The molecular formula is C35H44O9. The normalized spacial score (nSPS) is 33.0. The zero-order valence-electron chi connectivity index (χ0n) is 26.6. The first-order chi connectivity index (χ1) is 20.6. The van der Waals surface area contributed by atoms with E-state index in [9.17, 15) is 24.3 Å². The Labute approximate surface area is 259 Å². The van der Waals surface area contributed by atoms with Gasteiger partial charge in [-0.3, -0.25) is 14.4 Å². The van der Waals surface area contributed by atoms with Gasteiger partial charge in [-0.05, 0) is 65.4 Å². The lowest BCUT2D eigenvalue weighted by molar-refractivity contribution is -0.212. The van der Waals surface area contributed by atoms with Crippen LogP contribution in [-0.4, -0.2) is 59.5 Å². The van der Waals surface area contributed by atoms with E-state index >= 15 is 0 Å². The summed E-state index contributed by atoms with van der Waals surface area (Å²) in [7, 11) is 0. The lowest BCUT2D eigenvalue weighted by Crippen LogP contribution is -2.64. The minimum absolute atomic E-state index is 0.0651. The van der Waals surface area contributed by atoms with Gasteiger partial charge in [-0.25, -0.2) is 4.79 Å². The molecule has 238 valence electrons. The first-order valence-electron chi connectivity index (χ1n) is 15.1. The number of hydrogen-bond acceptors (Lipinski definition) is 9. The van der Waals surface area contributed by atoms with Crippen molar-refractivity contribution >= 4 is 30.0 Å². The Balaban J connectivity index is 1.85. The fraction of sp³-hybridized carbons (Fsp3) is 0.543. The van der Waals surface area contributed by atoms with Gasteiger partial charge in [0, 0.05) is 33.3 Å². The molecule has 9 heteroatoms. The molecule has 0 spiro atoms. The summed E-state index contributed by atoms with van der Waals surface area (Å²) >= 11 is 0. The minimum atomic E-state index is -1.14. The molecule has 2 bridgehead atoms. The molecule has 0 heterocycles. The van der Waals surface area contributed by atoms with Gasteiger partial charge in [0.1, 0.15) is 12.2 Å². The quantitative estimate of drug-likeness (QED) is 0.203. The number of fused-ring (bicyclic) bond motifs is 3. The third-order valence-corrected chi connectivity index (χ3v) is 9.94. The number of rotatable bonds is 6. The molecule has 2 fully saturated rings. The van der Waals surface area contributed by atoms with Crippen molar-refractivity contribution in [3.63, 3.8) is 0 Å². The molecule has 1 aromatic rings. The Bertz CT molecular complexity index is 1370. The molecule has 4 rings (SSSR count). The van der Waals surface area contributed by atoms with Crippen molar-refractivity contribution < 1.29 is 43.2 Å². The first kappa shape index (κ1) is 33.2. The van der Waals surface area contributed by atoms with E-state index in [1.165, 1.54) is 26.8 Å². The van der Waals surface area contributed by atoms with Crippen LogP contribution in [0, 0.1) is 22.7 Å². The van der Waals surface area contributed by atoms with Crippen LogP contribution in [0.5, 0.6) is 0 Å². The fourth-order valence-corrected chi connectivity index (χ4v) is 7.70. The van der Waals surface area contributed by atoms with E-state index in [1.807, 2.05) is 58.0 Å². The van der Waals surface area contributed by atoms with E-state index < -0.39 is 71.1 Å². The number of esters is 4. The van der Waals surface area contributed by atoms with Crippen molar-refractivity contribution in [3.05, 3.63) is 65.3 Å². The number of carbonyl (C=O) groups is 4. The van der Waals surface area contributed by atoms with Crippen LogP contribution in [0.4, 0.5) is 0 Å². The summed E-state index contributed by atoms with van der Waals surface area (Å²) < 4.78 is 23.9. The van der Waals surface area contributed by atoms with Gasteiger partial charge in [0.25, 0.3) is 0 Å². The number of hydrogen-bond donors (Lipinski definition) is 1. The fourth-order valence-electron chi connectivity index (χ4n) is 7.70. The van der Waals surface area contributed by atoms with Crippen LogP contribution in [0.15, 0.2) is 59.7 Å². The van der Waals surface area contributed by atoms with E-state index in [0.717, 1.165) is 5.56 Å². The summed E-state index contributed by atoms with van der Waals surface area (Å²) in [6, 6.07) is 9.33. The van der Waals surface area contributed by atoms with Gasteiger partial charge >= 0.3 is 23.9 Å². The predicted octanol–water partition coefficient (Wildman–Crippen LogP) is 5.12. The van der Waals surface area contributed by atoms with Crippen LogP contribution in [0.2, 0.25) is 0 Å². The van der Waals surface area contributed by atoms with Crippen LogP contribution in [0.3, 0.4) is 0 Å². The van der Waals surface area contributed by atoms with Gasteiger partial charge in [-0.15, -0.1) is 0 Å². The highest BCUT2D eigenvalue weighted by atomic mass is 16.6. The van der Waals surface area contributed by atoms with Crippen molar-refractivity contribution in [2.45, 2.75) is 98.2 Å². The molecule has 0 aliphatic heterocycles. The molecule has 8 atom stereocenters. The minimum Gasteiger partial charge on any atom is -0.462 e. The zero-order valence-corrected chi connectivity index (χ0v) is 26.6. The zero-order chi connectivity index (χ0) is 32.6. The maximum absolute atomic E-state index is 13.0. The number of aliphatic hydroxyl groups excluding tert-OH is 1. The van der Waals surface area contributed by atoms with E-state index in [1.54, 1.807) is 6.08 Å². The van der Waals surface area contributed by atoms with Crippen molar-refractivity contribution in [1.29, 1.82) is 0 Å². The first-order valence-corrected chi connectivity index (χ1v) is 15.1. The van der Waals surface area contributed by atoms with E-state index in [0.29, 0.717) is 29.6 Å². The molecule has 0 radical (unpaired) electrons. The number of ether oxygens (including phenoxy) is 4. The molecule has 0 amide bonds. The van der Waals surface area contributed by atoms with Crippen LogP contribution < -0.4 is 0 Å². The van der Waals surface area contributed by atoms with E-state index in [-0.39, 0.29) is 12.3 Å². The lowest BCUT2D eigenvalue weighted by Gasteiger charge is -2.59. The highest BCUT2D eigenvalue weighted by molar-refractivity contribution is 5.87. The second kappa shape index (κ2) is 12.7. The van der Waals surface area contributed by atoms with Gasteiger partial charge in [-0.1, -0.05) is 57.7 Å². The molecule has 2 saturated carbocycles. The Kier molecular flexibility index (Phi) is 9.59. The molecule has 3 aliphatic carbocycles. The van der Waals surface area contributed by atoms with Crippen molar-refractivity contribution in [2.75, 3.05) is 0 Å². The molecule has 9 nitrogen and oxygen atoms in total. The van der Waals surface area contributed by atoms with Gasteiger partial charge < -0.3 is 24.1 Å². The summed E-state index contributed by atoms with van der Waals surface area (Å²) in [4.78, 5) is 50.9. The molecule has 1 N–H and O–H groups in total. The third-order valence-electron chi connectivity index (χ3n) is 9.94. The van der Waals surface area contributed by atoms with Crippen LogP contribution >= 0.6 is 0 Å². The van der Waals surface area contributed by atoms with Gasteiger partial charge in [0.2, 0.25) is 0 Å². The average molecular weight is 609 g/mol. The Morgan fingerprint density at radius 1 is 0.886 bits per heavy atom. The molecule has 0 unspecified atom stereocenters. The highest BCUT2D eigenvalue weighted by Crippen LogP contribution is 2.60. The topological polar surface area (TPSA) is 125 Å². The SMILES string of the molecule is C=C1[C@@H](OC(=O)/C=C/c2ccccc2)C[C@H](OC(C)=O)[C@]2(C)[C@@H]1C[C@@H]1C[C@H](O)C(C)=C([C@@H](OC(C)=O)[C@@H]2OC(C)=O)C1(C)C. The number of carbonyl (C=O) groups excluding carboxylic acids is 4. The van der Waals surface area contributed by atoms with Gasteiger partial charge in [0.05, 0.1) is 11.5 Å². The summed E-state index contributed by atoms with van der Waals surface area (Å²) in [5, 5.41) is 11.2. The molecular weight excluding hydrogens is 564 g/mol. The van der Waals surface area contributed by atoms with Crippen molar-refractivity contribution in [1.82, 2.24) is 0 Å². The Morgan fingerprint density at radius 3 is 2.09 bits per heavy atom. The molecule has 1 aromatic carbocycles. The smallest absolute Gasteiger partial charge is 0.331 e. The standard InChI is InChI=1S/C35H44O9/c1-19-26-16-25-17-27(39)20(2)31(34(25,6)7)32(42-22(4)37)33(43-23(5)38)35(26,8)29(41-21(3)36)18-28(19)44-30(40)15-14-24-12-10-9-11-13-24/h9-15,25-29,32-33,39H,1,16-18H2,2-8H3/b15-14+/t25-,26-,27+,28+,29+,32-,33+,35+/m1/s1. The van der Waals surface area contributed by atoms with E-state index in [2.05, 4.69) is 6.58 Å². The second-order valence-corrected chi connectivity index (χ2v) is 13.1. The molecule has 44 heavy (non-hydrogen) atoms. The third kappa shape index (κ3) is 6.39. The Morgan fingerprint density at radius 2 is 1.50 bits per heavy atom. The van der Waals surface area contributed by atoms with Gasteiger partial charge in [0.15, 0.2) is 12.2 Å². The summed E-state index contributed by atoms with van der Waals surface area (Å²) in [6.45, 7) is 16.0. The largest absolute Gasteiger partial charge is 0.462 e. The van der Waals surface area contributed by atoms with Crippen LogP contribution in [-0.2, 0) is 38.1 Å².